The van der Waals surface area contributed by atoms with Crippen LogP contribution in [0.3, 0.4) is 0 Å². The van der Waals surface area contributed by atoms with E-state index in [1.807, 2.05) is 29.3 Å². The molecule has 1 saturated heterocycles. The number of likely N-dealkylation sites (tertiary alicyclic amines) is 1. The highest BCUT2D eigenvalue weighted by Crippen LogP contribution is 2.28. The first-order valence-electron chi connectivity index (χ1n) is 9.71. The van der Waals surface area contributed by atoms with Crippen LogP contribution in [0.15, 0.2) is 43.6 Å². The largest absolute Gasteiger partial charge is 0.342 e. The van der Waals surface area contributed by atoms with Gasteiger partial charge in [-0.1, -0.05) is 18.6 Å². The van der Waals surface area contributed by atoms with Crippen molar-refractivity contribution in [1.82, 2.24) is 9.88 Å². The molecule has 1 fully saturated rings. The number of allylic oxidation sites excluding steroid dienone is 2. The van der Waals surface area contributed by atoms with Crippen molar-refractivity contribution in [2.45, 2.75) is 63.7 Å². The van der Waals surface area contributed by atoms with Gasteiger partial charge in [-0.2, -0.15) is 0 Å². The Bertz CT molecular complexity index is 567. The van der Waals surface area contributed by atoms with Crippen LogP contribution in [0, 0.1) is 0 Å². The van der Waals surface area contributed by atoms with Crippen LogP contribution in [-0.4, -0.2) is 28.9 Å². The third kappa shape index (κ3) is 6.15. The number of carbonyl (C=O) groups is 1. The quantitative estimate of drug-likeness (QED) is 0.417. The Morgan fingerprint density at radius 1 is 1.16 bits per heavy atom. The van der Waals surface area contributed by atoms with Gasteiger partial charge >= 0.3 is 0 Å². The fourth-order valence-electron chi connectivity index (χ4n) is 3.52. The number of amides is 1. The molecule has 0 saturated carbocycles. The summed E-state index contributed by atoms with van der Waals surface area (Å²) in [7, 11) is 0. The molecule has 1 aromatic heterocycles. The first kappa shape index (κ1) is 19.4. The van der Waals surface area contributed by atoms with E-state index in [0.29, 0.717) is 5.91 Å². The summed E-state index contributed by atoms with van der Waals surface area (Å²) in [5, 5.41) is 0. The first-order chi connectivity index (χ1) is 12.3. The van der Waals surface area contributed by atoms with Crippen molar-refractivity contribution in [3.05, 3.63) is 54.9 Å². The van der Waals surface area contributed by atoms with E-state index in [1.54, 1.807) is 0 Å². The summed E-state index contributed by atoms with van der Waals surface area (Å²) in [6.45, 7) is 9.27. The van der Waals surface area contributed by atoms with Gasteiger partial charge in [-0.3, -0.25) is 9.78 Å². The molecule has 0 radical (unpaired) electrons. The van der Waals surface area contributed by atoms with Gasteiger partial charge in [0.1, 0.15) is 0 Å². The van der Waals surface area contributed by atoms with Gasteiger partial charge < -0.3 is 4.90 Å². The number of hydrogen-bond acceptors (Lipinski definition) is 2. The van der Waals surface area contributed by atoms with Crippen LogP contribution >= 0.6 is 0 Å². The molecule has 1 aliphatic heterocycles. The van der Waals surface area contributed by atoms with Gasteiger partial charge in [0.05, 0.1) is 5.92 Å². The summed E-state index contributed by atoms with van der Waals surface area (Å²) in [4.78, 5) is 19.4. The summed E-state index contributed by atoms with van der Waals surface area (Å²) in [5.74, 6) is 0.304. The number of aromatic nitrogens is 1. The Morgan fingerprint density at radius 3 is 2.76 bits per heavy atom. The van der Waals surface area contributed by atoms with Crippen molar-refractivity contribution in [3.8, 4) is 0 Å². The molecule has 3 nitrogen and oxygen atoms in total. The number of unbranched alkanes of at least 4 members (excludes halogenated alkanes) is 4. The SMILES string of the molecule is C=CCCCCCc1cc(C2CCCN(CCCC=C)C2=O)ccn1. The van der Waals surface area contributed by atoms with Crippen LogP contribution in [-0.2, 0) is 11.2 Å². The molecule has 0 N–H and O–H groups in total. The maximum atomic E-state index is 12.8. The second kappa shape index (κ2) is 10.9. The number of nitrogens with zero attached hydrogens (tertiary/aromatic N) is 2. The molecule has 1 aromatic rings. The van der Waals surface area contributed by atoms with Crippen molar-refractivity contribution < 1.29 is 4.79 Å². The van der Waals surface area contributed by atoms with Gasteiger partial charge in [0, 0.05) is 25.0 Å². The summed E-state index contributed by atoms with van der Waals surface area (Å²) in [6, 6.07) is 4.18. The second-order valence-corrected chi connectivity index (χ2v) is 6.92. The normalized spacial score (nSPS) is 17.5. The van der Waals surface area contributed by atoms with Crippen LogP contribution in [0.25, 0.3) is 0 Å². The molecule has 2 heterocycles. The lowest BCUT2D eigenvalue weighted by atomic mass is 9.89. The van der Waals surface area contributed by atoms with Gasteiger partial charge in [-0.05, 0) is 69.1 Å². The minimum absolute atomic E-state index is 0.0139. The lowest BCUT2D eigenvalue weighted by Crippen LogP contribution is -2.40. The highest BCUT2D eigenvalue weighted by atomic mass is 16.2. The van der Waals surface area contributed by atoms with Crippen LogP contribution < -0.4 is 0 Å². The number of pyridine rings is 1. The predicted octanol–water partition coefficient (Wildman–Crippen LogP) is 5.04. The van der Waals surface area contributed by atoms with E-state index in [-0.39, 0.29) is 5.92 Å². The zero-order valence-electron chi connectivity index (χ0n) is 15.5. The van der Waals surface area contributed by atoms with E-state index >= 15 is 0 Å². The summed E-state index contributed by atoms with van der Waals surface area (Å²) >= 11 is 0. The average molecular weight is 341 g/mol. The Hall–Kier alpha value is -1.90. The standard InChI is InChI=1S/C22H32N2O/c1-3-5-7-8-9-12-20-18-19(14-15-23-20)21-13-11-17-24(22(21)25)16-10-6-4-2/h3-4,14-15,18,21H,1-2,5-13,16-17H2. The van der Waals surface area contributed by atoms with E-state index < -0.39 is 0 Å². The molecule has 1 atom stereocenters. The monoisotopic (exact) mass is 340 g/mol. The Labute approximate surface area is 152 Å². The maximum absolute atomic E-state index is 12.8. The Morgan fingerprint density at radius 2 is 1.96 bits per heavy atom. The molecule has 0 aliphatic carbocycles. The molecule has 0 spiro atoms. The maximum Gasteiger partial charge on any atom is 0.230 e. The van der Waals surface area contributed by atoms with Gasteiger partial charge in [-0.25, -0.2) is 0 Å². The number of aryl methyl sites for hydroxylation is 1. The molecule has 1 unspecified atom stereocenters. The molecule has 2 rings (SSSR count). The van der Waals surface area contributed by atoms with Crippen LogP contribution in [0.2, 0.25) is 0 Å². The summed E-state index contributed by atoms with van der Waals surface area (Å²) in [5.41, 5.74) is 2.27. The number of carbonyl (C=O) groups excluding carboxylic acids is 1. The van der Waals surface area contributed by atoms with Crippen molar-refractivity contribution in [1.29, 1.82) is 0 Å². The fourth-order valence-corrected chi connectivity index (χ4v) is 3.52. The molecule has 1 aliphatic rings. The molecule has 1 amide bonds. The van der Waals surface area contributed by atoms with E-state index in [0.717, 1.165) is 69.3 Å². The number of hydrogen-bond donors (Lipinski definition) is 0. The minimum atomic E-state index is 0.0139. The Balaban J connectivity index is 1.92. The smallest absolute Gasteiger partial charge is 0.230 e. The molecular formula is C22H32N2O. The summed E-state index contributed by atoms with van der Waals surface area (Å²) < 4.78 is 0. The number of piperidine rings is 1. The molecule has 136 valence electrons. The molecule has 0 bridgehead atoms. The zero-order chi connectivity index (χ0) is 17.9. The van der Waals surface area contributed by atoms with E-state index in [4.69, 9.17) is 0 Å². The van der Waals surface area contributed by atoms with Gasteiger partial charge in [-0.15, -0.1) is 13.2 Å². The van der Waals surface area contributed by atoms with E-state index in [1.165, 1.54) is 12.8 Å². The van der Waals surface area contributed by atoms with Gasteiger partial charge in [0.25, 0.3) is 0 Å². The van der Waals surface area contributed by atoms with Crippen LogP contribution in [0.4, 0.5) is 0 Å². The van der Waals surface area contributed by atoms with Crippen molar-refractivity contribution in [2.24, 2.45) is 0 Å². The molecule has 0 aromatic carbocycles. The minimum Gasteiger partial charge on any atom is -0.342 e. The zero-order valence-corrected chi connectivity index (χ0v) is 15.5. The van der Waals surface area contributed by atoms with Crippen LogP contribution in [0.1, 0.15) is 68.5 Å². The third-order valence-electron chi connectivity index (χ3n) is 4.95. The second-order valence-electron chi connectivity index (χ2n) is 6.92. The van der Waals surface area contributed by atoms with Crippen molar-refractivity contribution >= 4 is 5.91 Å². The molecule has 3 heteroatoms. The molecular weight excluding hydrogens is 308 g/mol. The van der Waals surface area contributed by atoms with E-state index in [9.17, 15) is 4.79 Å². The lowest BCUT2D eigenvalue weighted by molar-refractivity contribution is -0.135. The lowest BCUT2D eigenvalue weighted by Gasteiger charge is -2.32. The van der Waals surface area contributed by atoms with Crippen molar-refractivity contribution in [3.63, 3.8) is 0 Å². The highest BCUT2D eigenvalue weighted by molar-refractivity contribution is 5.84. The predicted molar refractivity (Wildman–Crippen MR) is 105 cm³/mol. The average Bonchev–Trinajstić information content (AvgIpc) is 2.63. The summed E-state index contributed by atoms with van der Waals surface area (Å²) in [6.07, 6.45) is 15.4. The van der Waals surface area contributed by atoms with Crippen molar-refractivity contribution in [2.75, 3.05) is 13.1 Å². The van der Waals surface area contributed by atoms with E-state index in [2.05, 4.69) is 24.2 Å². The Kier molecular flexibility index (Phi) is 8.44. The highest BCUT2D eigenvalue weighted by Gasteiger charge is 2.29. The van der Waals surface area contributed by atoms with Gasteiger partial charge in [0.2, 0.25) is 5.91 Å². The topological polar surface area (TPSA) is 33.2 Å². The fraction of sp³-hybridized carbons (Fsp3) is 0.545. The number of rotatable bonds is 11. The first-order valence-corrected chi connectivity index (χ1v) is 9.71. The van der Waals surface area contributed by atoms with Gasteiger partial charge in [0.15, 0.2) is 0 Å². The third-order valence-corrected chi connectivity index (χ3v) is 4.95. The molecule has 25 heavy (non-hydrogen) atoms. The van der Waals surface area contributed by atoms with Crippen LogP contribution in [0.5, 0.6) is 0 Å².